The molecular weight excluding hydrogens is 312 g/mol. The van der Waals surface area contributed by atoms with Crippen LogP contribution in [0.15, 0.2) is 58.3 Å². The van der Waals surface area contributed by atoms with Gasteiger partial charge in [0.15, 0.2) is 23.0 Å². The van der Waals surface area contributed by atoms with E-state index in [0.29, 0.717) is 0 Å². The Hall–Kier alpha value is -1.78. The van der Waals surface area contributed by atoms with Crippen molar-refractivity contribution in [2.45, 2.75) is 9.79 Å². The van der Waals surface area contributed by atoms with Crippen LogP contribution in [0, 0.1) is 0 Å². The molecule has 0 radical (unpaired) electrons. The first kappa shape index (κ1) is 12.7. The van der Waals surface area contributed by atoms with Crippen LogP contribution < -0.4 is 9.47 Å². The smallest absolute Gasteiger partial charge is 0.171 e. The summed E-state index contributed by atoms with van der Waals surface area (Å²) in [5.41, 5.74) is 0. The van der Waals surface area contributed by atoms with E-state index >= 15 is 0 Å². The molecule has 0 N–H and O–H groups in total. The van der Waals surface area contributed by atoms with E-state index in [1.807, 2.05) is 35.7 Å². The highest BCUT2D eigenvalue weighted by atomic mass is 32.2. The molecular formula is C18H12O2S2. The molecule has 2 aliphatic rings. The van der Waals surface area contributed by atoms with Crippen LogP contribution in [0.1, 0.15) is 0 Å². The first-order valence-electron chi connectivity index (χ1n) is 7.19. The third-order valence-corrected chi connectivity index (χ3v) is 6.36. The number of thioether (sulfide) groups is 2. The molecule has 0 fully saturated rings. The summed E-state index contributed by atoms with van der Waals surface area (Å²) in [4.78, 5) is 2.59. The number of fused-ring (bicyclic) bond motifs is 4. The predicted octanol–water partition coefficient (Wildman–Crippen LogP) is 5.94. The Morgan fingerprint density at radius 3 is 1.59 bits per heavy atom. The van der Waals surface area contributed by atoms with Gasteiger partial charge in [0.2, 0.25) is 0 Å². The second-order valence-electron chi connectivity index (χ2n) is 5.29. The molecule has 2 nitrogen and oxygen atoms in total. The van der Waals surface area contributed by atoms with Crippen molar-refractivity contribution < 1.29 is 9.47 Å². The summed E-state index contributed by atoms with van der Waals surface area (Å²) in [5.74, 6) is 5.52. The summed E-state index contributed by atoms with van der Waals surface area (Å²) in [5, 5.41) is 2.33. The van der Waals surface area contributed by atoms with Crippen molar-refractivity contribution in [3.8, 4) is 23.0 Å². The molecule has 0 amide bonds. The zero-order valence-corrected chi connectivity index (χ0v) is 13.3. The van der Waals surface area contributed by atoms with Gasteiger partial charge >= 0.3 is 0 Å². The summed E-state index contributed by atoms with van der Waals surface area (Å²) in [6.07, 6.45) is 0. The Morgan fingerprint density at radius 1 is 0.636 bits per heavy atom. The molecule has 0 atom stereocenters. The maximum Gasteiger partial charge on any atom is 0.171 e. The topological polar surface area (TPSA) is 18.5 Å². The van der Waals surface area contributed by atoms with Gasteiger partial charge in [-0.25, -0.2) is 0 Å². The largest absolute Gasteiger partial charge is 0.449 e. The Labute approximate surface area is 136 Å². The van der Waals surface area contributed by atoms with E-state index in [1.54, 1.807) is 0 Å². The molecule has 5 rings (SSSR count). The SMILES string of the molecule is c1ccc2cc3c(cc2c1)Oc1cc2c(cc1O3)SCCS2. The second-order valence-corrected chi connectivity index (χ2v) is 7.57. The van der Waals surface area contributed by atoms with Crippen molar-refractivity contribution >= 4 is 34.3 Å². The van der Waals surface area contributed by atoms with Crippen LogP contribution in [0.3, 0.4) is 0 Å². The van der Waals surface area contributed by atoms with E-state index in [1.165, 1.54) is 9.79 Å². The average Bonchev–Trinajstić information content (AvgIpc) is 2.56. The van der Waals surface area contributed by atoms with E-state index in [2.05, 4.69) is 36.4 Å². The van der Waals surface area contributed by atoms with Crippen LogP contribution in [0.2, 0.25) is 0 Å². The minimum atomic E-state index is 0.791. The fourth-order valence-electron chi connectivity index (χ4n) is 2.81. The number of ether oxygens (including phenoxy) is 2. The van der Waals surface area contributed by atoms with Crippen LogP contribution in [0.5, 0.6) is 23.0 Å². The summed E-state index contributed by atoms with van der Waals surface area (Å²) < 4.78 is 12.2. The molecule has 0 unspecified atom stereocenters. The molecule has 108 valence electrons. The first-order chi connectivity index (χ1) is 10.9. The standard InChI is InChI=1S/C18H12O2S2/c1-2-4-12-8-14-13(7-11(12)3-1)19-15-9-17-18(10-16(15)20-14)22-6-5-21-17/h1-4,7-10H,5-6H2. The number of benzene rings is 3. The molecule has 0 aliphatic carbocycles. The lowest BCUT2D eigenvalue weighted by molar-refractivity contribution is 0.358. The molecule has 3 aromatic rings. The predicted molar refractivity (Wildman–Crippen MR) is 92.0 cm³/mol. The van der Waals surface area contributed by atoms with E-state index < -0.39 is 0 Å². The lowest BCUT2D eigenvalue weighted by Gasteiger charge is -2.24. The van der Waals surface area contributed by atoms with Crippen molar-refractivity contribution in [3.63, 3.8) is 0 Å². The van der Waals surface area contributed by atoms with Crippen LogP contribution in [0.4, 0.5) is 0 Å². The molecule has 3 aromatic carbocycles. The van der Waals surface area contributed by atoms with Gasteiger partial charge < -0.3 is 9.47 Å². The van der Waals surface area contributed by atoms with Gasteiger partial charge in [-0.2, -0.15) is 0 Å². The highest BCUT2D eigenvalue weighted by molar-refractivity contribution is 8.05. The lowest BCUT2D eigenvalue weighted by atomic mass is 10.1. The fraction of sp³-hybridized carbons (Fsp3) is 0.111. The molecule has 22 heavy (non-hydrogen) atoms. The first-order valence-corrected chi connectivity index (χ1v) is 9.16. The average molecular weight is 324 g/mol. The molecule has 2 heterocycles. The quantitative estimate of drug-likeness (QED) is 0.398. The molecule has 0 spiro atoms. The third-order valence-electron chi connectivity index (χ3n) is 3.86. The van der Waals surface area contributed by atoms with Crippen molar-refractivity contribution in [2.75, 3.05) is 11.5 Å². The molecule has 2 aliphatic heterocycles. The van der Waals surface area contributed by atoms with E-state index in [-0.39, 0.29) is 0 Å². The summed E-state index contributed by atoms with van der Waals surface area (Å²) in [6.45, 7) is 0. The molecule has 0 aromatic heterocycles. The maximum atomic E-state index is 6.10. The van der Waals surface area contributed by atoms with E-state index in [9.17, 15) is 0 Å². The van der Waals surface area contributed by atoms with Crippen molar-refractivity contribution in [2.24, 2.45) is 0 Å². The molecule has 4 heteroatoms. The van der Waals surface area contributed by atoms with Gasteiger partial charge in [-0.1, -0.05) is 24.3 Å². The number of hydrogen-bond donors (Lipinski definition) is 0. The van der Waals surface area contributed by atoms with Crippen molar-refractivity contribution in [1.29, 1.82) is 0 Å². The monoisotopic (exact) mass is 324 g/mol. The van der Waals surface area contributed by atoms with Crippen LogP contribution in [0.25, 0.3) is 10.8 Å². The Morgan fingerprint density at radius 2 is 1.09 bits per heavy atom. The zero-order valence-electron chi connectivity index (χ0n) is 11.7. The van der Waals surface area contributed by atoms with Gasteiger partial charge in [-0.15, -0.1) is 23.5 Å². The second kappa shape index (κ2) is 4.86. The van der Waals surface area contributed by atoms with Gasteiger partial charge in [0.1, 0.15) is 0 Å². The van der Waals surface area contributed by atoms with Gasteiger partial charge in [-0.3, -0.25) is 0 Å². The third kappa shape index (κ3) is 1.98. The molecule has 0 saturated heterocycles. The summed E-state index contributed by atoms with van der Waals surface area (Å²) >= 11 is 3.78. The van der Waals surface area contributed by atoms with Crippen LogP contribution in [-0.4, -0.2) is 11.5 Å². The maximum absolute atomic E-state index is 6.10. The molecule has 0 bridgehead atoms. The normalized spacial score (nSPS) is 15.3. The summed E-state index contributed by atoms with van der Waals surface area (Å²) in [6, 6.07) is 16.6. The van der Waals surface area contributed by atoms with Gasteiger partial charge in [0.05, 0.1) is 0 Å². The minimum absolute atomic E-state index is 0.791. The Kier molecular flexibility index (Phi) is 2.81. The van der Waals surface area contributed by atoms with Gasteiger partial charge in [0.25, 0.3) is 0 Å². The highest BCUT2D eigenvalue weighted by Crippen LogP contribution is 2.51. The molecule has 0 saturated carbocycles. The number of hydrogen-bond acceptors (Lipinski definition) is 4. The Bertz CT molecular complexity index is 831. The highest BCUT2D eigenvalue weighted by Gasteiger charge is 2.23. The van der Waals surface area contributed by atoms with Crippen molar-refractivity contribution in [1.82, 2.24) is 0 Å². The fourth-order valence-corrected chi connectivity index (χ4v) is 5.05. The van der Waals surface area contributed by atoms with E-state index in [4.69, 9.17) is 9.47 Å². The van der Waals surface area contributed by atoms with Crippen molar-refractivity contribution in [3.05, 3.63) is 48.5 Å². The lowest BCUT2D eigenvalue weighted by Crippen LogP contribution is -2.01. The zero-order chi connectivity index (χ0) is 14.5. The van der Waals surface area contributed by atoms with Gasteiger partial charge in [0, 0.05) is 21.3 Å². The van der Waals surface area contributed by atoms with E-state index in [0.717, 1.165) is 45.3 Å². The van der Waals surface area contributed by atoms with Crippen LogP contribution >= 0.6 is 23.5 Å². The van der Waals surface area contributed by atoms with Crippen LogP contribution in [-0.2, 0) is 0 Å². The number of rotatable bonds is 0. The minimum Gasteiger partial charge on any atom is -0.449 e. The van der Waals surface area contributed by atoms with Gasteiger partial charge in [-0.05, 0) is 35.0 Å². The Balaban J connectivity index is 1.64. The summed E-state index contributed by atoms with van der Waals surface area (Å²) in [7, 11) is 0.